The minimum Gasteiger partial charge on any atom is -0.350 e. The zero-order valence-corrected chi connectivity index (χ0v) is 15.5. The van der Waals surface area contributed by atoms with Crippen molar-refractivity contribution in [1.29, 1.82) is 0 Å². The van der Waals surface area contributed by atoms with E-state index in [4.69, 9.17) is 0 Å². The summed E-state index contributed by atoms with van der Waals surface area (Å²) < 4.78 is 1.51. The first-order chi connectivity index (χ1) is 13.2. The minimum atomic E-state index is -0.151. The molecule has 7 nitrogen and oxygen atoms in total. The van der Waals surface area contributed by atoms with E-state index in [1.807, 2.05) is 6.07 Å². The Balaban J connectivity index is 1.51. The monoisotopic (exact) mass is 364 g/mol. The second-order valence-corrected chi connectivity index (χ2v) is 7.22. The van der Waals surface area contributed by atoms with Crippen molar-refractivity contribution in [2.45, 2.75) is 25.8 Å². The molecule has 1 fully saturated rings. The lowest BCUT2D eigenvalue weighted by Crippen LogP contribution is -2.42. The SMILES string of the molecule is CC1CCN([C@H](CNC(=O)c2cccn3nnnc23)c2ccccc2)CC1. The number of nitrogens with one attached hydrogen (secondary N) is 1. The molecule has 4 rings (SSSR count). The van der Waals surface area contributed by atoms with Crippen LogP contribution in [0, 0.1) is 5.92 Å². The molecule has 7 heteroatoms. The topological polar surface area (TPSA) is 75.4 Å². The van der Waals surface area contributed by atoms with Gasteiger partial charge in [-0.1, -0.05) is 37.3 Å². The van der Waals surface area contributed by atoms with Gasteiger partial charge < -0.3 is 5.32 Å². The molecular formula is C20H24N6O. The van der Waals surface area contributed by atoms with E-state index in [-0.39, 0.29) is 11.9 Å². The van der Waals surface area contributed by atoms with Crippen LogP contribution < -0.4 is 5.32 Å². The van der Waals surface area contributed by atoms with Crippen molar-refractivity contribution >= 4 is 11.6 Å². The average molecular weight is 364 g/mol. The normalized spacial score (nSPS) is 17.1. The number of rotatable bonds is 5. The lowest BCUT2D eigenvalue weighted by molar-refractivity contribution is 0.0914. The Morgan fingerprint density at radius 2 is 1.96 bits per heavy atom. The molecule has 3 heterocycles. The number of hydrogen-bond donors (Lipinski definition) is 1. The maximum Gasteiger partial charge on any atom is 0.255 e. The van der Waals surface area contributed by atoms with Crippen molar-refractivity contribution in [3.63, 3.8) is 0 Å². The molecule has 0 bridgehead atoms. The number of hydrogen-bond acceptors (Lipinski definition) is 5. The molecular weight excluding hydrogens is 340 g/mol. The van der Waals surface area contributed by atoms with Crippen LogP contribution in [-0.4, -0.2) is 50.5 Å². The second-order valence-electron chi connectivity index (χ2n) is 7.22. The van der Waals surface area contributed by atoms with Gasteiger partial charge in [-0.05, 0) is 60.0 Å². The molecule has 1 aromatic carbocycles. The molecule has 3 aromatic rings. The summed E-state index contributed by atoms with van der Waals surface area (Å²) in [6, 6.07) is 14.1. The van der Waals surface area contributed by atoms with E-state index in [9.17, 15) is 4.79 Å². The molecule has 1 aliphatic heterocycles. The third kappa shape index (κ3) is 3.83. The summed E-state index contributed by atoms with van der Waals surface area (Å²) in [7, 11) is 0. The molecule has 0 spiro atoms. The molecule has 0 radical (unpaired) electrons. The fourth-order valence-corrected chi connectivity index (χ4v) is 3.70. The highest BCUT2D eigenvalue weighted by Gasteiger charge is 2.25. The van der Waals surface area contributed by atoms with E-state index in [0.29, 0.717) is 17.8 Å². The Kier molecular flexibility index (Phi) is 5.11. The van der Waals surface area contributed by atoms with Crippen molar-refractivity contribution in [1.82, 2.24) is 30.3 Å². The quantitative estimate of drug-likeness (QED) is 0.752. The van der Waals surface area contributed by atoms with Crippen LogP contribution in [0.3, 0.4) is 0 Å². The van der Waals surface area contributed by atoms with Crippen molar-refractivity contribution < 1.29 is 4.79 Å². The van der Waals surface area contributed by atoms with E-state index in [2.05, 4.69) is 56.9 Å². The Morgan fingerprint density at radius 3 is 2.74 bits per heavy atom. The number of benzene rings is 1. The first-order valence-electron chi connectivity index (χ1n) is 9.46. The molecule has 1 amide bonds. The number of amides is 1. The lowest BCUT2D eigenvalue weighted by atomic mass is 9.95. The summed E-state index contributed by atoms with van der Waals surface area (Å²) in [4.78, 5) is 15.3. The highest BCUT2D eigenvalue weighted by molar-refractivity contribution is 5.99. The van der Waals surface area contributed by atoms with Crippen molar-refractivity contribution in [2.75, 3.05) is 19.6 Å². The van der Waals surface area contributed by atoms with Crippen molar-refractivity contribution in [2.24, 2.45) is 5.92 Å². The number of nitrogens with zero attached hydrogens (tertiary/aromatic N) is 5. The van der Waals surface area contributed by atoms with Gasteiger partial charge in [-0.3, -0.25) is 9.69 Å². The maximum atomic E-state index is 12.8. The molecule has 1 atom stereocenters. The second kappa shape index (κ2) is 7.84. The summed E-state index contributed by atoms with van der Waals surface area (Å²) in [5, 5.41) is 14.5. The Hall–Kier alpha value is -2.80. The molecule has 1 aliphatic rings. The molecule has 1 N–H and O–H groups in total. The van der Waals surface area contributed by atoms with Gasteiger partial charge in [0.25, 0.3) is 5.91 Å². The first-order valence-corrected chi connectivity index (χ1v) is 9.46. The largest absolute Gasteiger partial charge is 0.350 e. The van der Waals surface area contributed by atoms with Gasteiger partial charge in [0, 0.05) is 12.7 Å². The zero-order chi connectivity index (χ0) is 18.6. The first kappa shape index (κ1) is 17.6. The van der Waals surface area contributed by atoms with Crippen molar-refractivity contribution in [3.8, 4) is 0 Å². The average Bonchev–Trinajstić information content (AvgIpc) is 3.19. The molecule has 0 unspecified atom stereocenters. The fraction of sp³-hybridized carbons (Fsp3) is 0.400. The van der Waals surface area contributed by atoms with Gasteiger partial charge in [0.2, 0.25) is 0 Å². The number of fused-ring (bicyclic) bond motifs is 1. The van der Waals surface area contributed by atoms with E-state index in [1.165, 1.54) is 22.9 Å². The lowest BCUT2D eigenvalue weighted by Gasteiger charge is -2.37. The van der Waals surface area contributed by atoms with Gasteiger partial charge in [-0.25, -0.2) is 0 Å². The predicted molar refractivity (Wildman–Crippen MR) is 102 cm³/mol. The summed E-state index contributed by atoms with van der Waals surface area (Å²) >= 11 is 0. The molecule has 140 valence electrons. The summed E-state index contributed by atoms with van der Waals surface area (Å²) in [6.07, 6.45) is 4.12. The standard InChI is InChI=1S/C20H24N6O/c1-15-9-12-25(13-10-15)18(16-6-3-2-4-7-16)14-21-20(27)17-8-5-11-26-19(17)22-23-24-26/h2-8,11,15,18H,9-10,12-14H2,1H3,(H,21,27)/t18-/m1/s1. The van der Waals surface area contributed by atoms with Gasteiger partial charge >= 0.3 is 0 Å². The van der Waals surface area contributed by atoms with E-state index in [0.717, 1.165) is 19.0 Å². The van der Waals surface area contributed by atoms with Gasteiger partial charge in [-0.15, -0.1) is 5.10 Å². The predicted octanol–water partition coefficient (Wildman–Crippen LogP) is 2.33. The van der Waals surface area contributed by atoms with Crippen LogP contribution in [0.2, 0.25) is 0 Å². The third-order valence-corrected chi connectivity index (χ3v) is 5.37. The summed E-state index contributed by atoms with van der Waals surface area (Å²) in [5.74, 6) is 0.618. The minimum absolute atomic E-state index is 0.151. The summed E-state index contributed by atoms with van der Waals surface area (Å²) in [5.41, 5.74) is 2.19. The highest BCUT2D eigenvalue weighted by Crippen LogP contribution is 2.26. The van der Waals surface area contributed by atoms with E-state index in [1.54, 1.807) is 18.3 Å². The molecule has 2 aromatic heterocycles. The van der Waals surface area contributed by atoms with Crippen LogP contribution in [-0.2, 0) is 0 Å². The van der Waals surface area contributed by atoms with Crippen LogP contribution in [0.15, 0.2) is 48.7 Å². The molecule has 0 saturated carbocycles. The number of tetrazole rings is 1. The van der Waals surface area contributed by atoms with Crippen LogP contribution in [0.5, 0.6) is 0 Å². The summed E-state index contributed by atoms with van der Waals surface area (Å²) in [6.45, 7) is 4.98. The smallest absolute Gasteiger partial charge is 0.255 e. The highest BCUT2D eigenvalue weighted by atomic mass is 16.1. The van der Waals surface area contributed by atoms with Crippen LogP contribution in [0.1, 0.15) is 41.7 Å². The fourth-order valence-electron chi connectivity index (χ4n) is 3.70. The maximum absolute atomic E-state index is 12.8. The van der Waals surface area contributed by atoms with Crippen molar-refractivity contribution in [3.05, 3.63) is 59.8 Å². The van der Waals surface area contributed by atoms with Gasteiger partial charge in [0.05, 0.1) is 11.6 Å². The molecule has 1 saturated heterocycles. The Labute approximate surface area is 158 Å². The Bertz CT molecular complexity index is 901. The Morgan fingerprint density at radius 1 is 1.19 bits per heavy atom. The van der Waals surface area contributed by atoms with Crippen LogP contribution >= 0.6 is 0 Å². The number of piperidine rings is 1. The number of carbonyl (C=O) groups excluding carboxylic acids is 1. The molecule has 0 aliphatic carbocycles. The number of aromatic nitrogens is 4. The third-order valence-electron chi connectivity index (χ3n) is 5.37. The number of carbonyl (C=O) groups is 1. The van der Waals surface area contributed by atoms with Gasteiger partial charge in [0.1, 0.15) is 0 Å². The van der Waals surface area contributed by atoms with Gasteiger partial charge in [-0.2, -0.15) is 4.52 Å². The zero-order valence-electron chi connectivity index (χ0n) is 15.5. The van der Waals surface area contributed by atoms with Crippen LogP contribution in [0.4, 0.5) is 0 Å². The van der Waals surface area contributed by atoms with E-state index >= 15 is 0 Å². The van der Waals surface area contributed by atoms with Gasteiger partial charge in [0.15, 0.2) is 5.65 Å². The number of likely N-dealkylation sites (tertiary alicyclic amines) is 1. The number of pyridine rings is 1. The molecule has 27 heavy (non-hydrogen) atoms. The van der Waals surface area contributed by atoms with Crippen LogP contribution in [0.25, 0.3) is 5.65 Å². The van der Waals surface area contributed by atoms with E-state index < -0.39 is 0 Å².